The van der Waals surface area contributed by atoms with Gasteiger partial charge in [-0.15, -0.1) is 11.8 Å². The number of nitrogens with zero attached hydrogens (tertiary/aromatic N) is 1. The van der Waals surface area contributed by atoms with Crippen molar-refractivity contribution in [2.45, 2.75) is 5.03 Å². The van der Waals surface area contributed by atoms with Gasteiger partial charge in [-0.25, -0.2) is 4.98 Å². The van der Waals surface area contributed by atoms with Crippen molar-refractivity contribution in [2.75, 3.05) is 18.1 Å². The Balaban J connectivity index is 1.73. The maximum atomic E-state index is 5.79. The number of benzene rings is 1. The van der Waals surface area contributed by atoms with Gasteiger partial charge in [-0.3, -0.25) is 0 Å². The summed E-state index contributed by atoms with van der Waals surface area (Å²) in [4.78, 5) is 4.20. The zero-order chi connectivity index (χ0) is 12.8. The smallest absolute Gasteiger partial charge is 0.119 e. The summed E-state index contributed by atoms with van der Waals surface area (Å²) >= 11 is 7.42. The predicted molar refractivity (Wildman–Crippen MR) is 76.3 cm³/mol. The average Bonchev–Trinajstić information content (AvgIpc) is 2.39. The van der Waals surface area contributed by atoms with Crippen LogP contribution in [0.25, 0.3) is 0 Å². The van der Waals surface area contributed by atoms with Crippen LogP contribution in [0.4, 0.5) is 5.69 Å². The lowest BCUT2D eigenvalue weighted by molar-refractivity contribution is 0.344. The molecule has 0 amide bonds. The molecule has 2 aromatic rings. The Hall–Kier alpha value is -1.39. The molecule has 1 aromatic heterocycles. The highest BCUT2D eigenvalue weighted by Gasteiger charge is 1.97. The van der Waals surface area contributed by atoms with Crippen molar-refractivity contribution >= 4 is 29.1 Å². The average molecular weight is 281 g/mol. The Labute approximate surface area is 115 Å². The van der Waals surface area contributed by atoms with Gasteiger partial charge >= 0.3 is 0 Å². The minimum absolute atomic E-state index is 0.623. The Morgan fingerprint density at radius 2 is 1.94 bits per heavy atom. The molecule has 94 valence electrons. The van der Waals surface area contributed by atoms with Crippen LogP contribution in [0.1, 0.15) is 0 Å². The molecule has 0 saturated carbocycles. The summed E-state index contributed by atoms with van der Waals surface area (Å²) in [7, 11) is 0. The van der Waals surface area contributed by atoms with E-state index in [1.165, 1.54) is 0 Å². The number of thioether (sulfide) groups is 1. The van der Waals surface area contributed by atoms with Gasteiger partial charge in [-0.2, -0.15) is 0 Å². The van der Waals surface area contributed by atoms with Crippen molar-refractivity contribution in [3.05, 3.63) is 47.6 Å². The molecule has 0 aliphatic heterocycles. The van der Waals surface area contributed by atoms with Crippen molar-refractivity contribution in [3.63, 3.8) is 0 Å². The first-order chi connectivity index (χ1) is 8.74. The molecule has 18 heavy (non-hydrogen) atoms. The molecule has 0 aliphatic carbocycles. The topological polar surface area (TPSA) is 48.1 Å². The maximum absolute atomic E-state index is 5.79. The normalized spacial score (nSPS) is 10.3. The van der Waals surface area contributed by atoms with Gasteiger partial charge in [-0.1, -0.05) is 11.6 Å². The van der Waals surface area contributed by atoms with Crippen LogP contribution < -0.4 is 10.5 Å². The van der Waals surface area contributed by atoms with E-state index in [9.17, 15) is 0 Å². The van der Waals surface area contributed by atoms with E-state index >= 15 is 0 Å². The van der Waals surface area contributed by atoms with E-state index in [4.69, 9.17) is 22.1 Å². The largest absolute Gasteiger partial charge is 0.493 e. The predicted octanol–water partition coefficient (Wildman–Crippen LogP) is 3.49. The van der Waals surface area contributed by atoms with Crippen LogP contribution in [-0.4, -0.2) is 17.3 Å². The summed E-state index contributed by atoms with van der Waals surface area (Å²) in [5.41, 5.74) is 6.24. The second-order valence-corrected chi connectivity index (χ2v) is 5.13. The molecule has 0 atom stereocenters. The van der Waals surface area contributed by atoms with Gasteiger partial charge in [0.05, 0.1) is 23.5 Å². The second-order valence-electron chi connectivity index (χ2n) is 3.58. The van der Waals surface area contributed by atoms with Crippen LogP contribution in [0.15, 0.2) is 47.6 Å². The highest BCUT2D eigenvalue weighted by molar-refractivity contribution is 7.99. The van der Waals surface area contributed by atoms with Crippen LogP contribution in [0, 0.1) is 0 Å². The lowest BCUT2D eigenvalue weighted by Crippen LogP contribution is -2.00. The lowest BCUT2D eigenvalue weighted by atomic mass is 10.3. The molecule has 0 bridgehead atoms. The van der Waals surface area contributed by atoms with Gasteiger partial charge in [0.25, 0.3) is 0 Å². The molecular formula is C13H13ClN2OS. The fourth-order valence-corrected chi connectivity index (χ4v) is 2.11. The molecule has 2 N–H and O–H groups in total. The molecule has 2 rings (SSSR count). The number of ether oxygens (including phenoxy) is 1. The van der Waals surface area contributed by atoms with Crippen LogP contribution in [0.2, 0.25) is 5.02 Å². The third kappa shape index (κ3) is 4.13. The monoisotopic (exact) mass is 280 g/mol. The Morgan fingerprint density at radius 3 is 2.61 bits per heavy atom. The summed E-state index contributed by atoms with van der Waals surface area (Å²) in [6, 6.07) is 11.1. The Kier molecular flexibility index (Phi) is 4.73. The first kappa shape index (κ1) is 13.1. The highest BCUT2D eigenvalue weighted by atomic mass is 35.5. The molecule has 0 saturated heterocycles. The second kappa shape index (κ2) is 6.52. The van der Waals surface area contributed by atoms with Gasteiger partial charge in [0.2, 0.25) is 0 Å². The van der Waals surface area contributed by atoms with Gasteiger partial charge in [0, 0.05) is 10.8 Å². The van der Waals surface area contributed by atoms with Crippen molar-refractivity contribution in [1.82, 2.24) is 4.98 Å². The number of nitrogens with two attached hydrogens (primary N) is 1. The molecule has 0 spiro atoms. The van der Waals surface area contributed by atoms with E-state index in [1.807, 2.05) is 36.4 Å². The molecule has 0 radical (unpaired) electrons. The summed E-state index contributed by atoms with van der Waals surface area (Å²) in [5, 5.41) is 1.66. The number of pyridine rings is 1. The van der Waals surface area contributed by atoms with Crippen LogP contribution in [-0.2, 0) is 0 Å². The molecule has 3 nitrogen and oxygen atoms in total. The lowest BCUT2D eigenvalue weighted by Gasteiger charge is -2.05. The van der Waals surface area contributed by atoms with E-state index in [0.717, 1.165) is 16.5 Å². The van der Waals surface area contributed by atoms with Gasteiger partial charge in [0.1, 0.15) is 5.75 Å². The third-order valence-electron chi connectivity index (χ3n) is 2.17. The number of hydrogen-bond acceptors (Lipinski definition) is 4. The van der Waals surface area contributed by atoms with Gasteiger partial charge in [0.15, 0.2) is 0 Å². The number of halogens is 1. The number of anilines is 1. The summed E-state index contributed by atoms with van der Waals surface area (Å²) in [5.74, 6) is 1.66. The zero-order valence-corrected chi connectivity index (χ0v) is 11.2. The molecule has 0 fully saturated rings. The summed E-state index contributed by atoms with van der Waals surface area (Å²) < 4.78 is 5.57. The fraction of sp³-hybridized carbons (Fsp3) is 0.154. The van der Waals surface area contributed by atoms with Crippen LogP contribution in [0.5, 0.6) is 5.75 Å². The van der Waals surface area contributed by atoms with Crippen LogP contribution in [0.3, 0.4) is 0 Å². The van der Waals surface area contributed by atoms with Gasteiger partial charge < -0.3 is 10.5 Å². The molecule has 1 aromatic carbocycles. The third-order valence-corrected chi connectivity index (χ3v) is 3.33. The SMILES string of the molecule is Nc1ccc(SCCOc2ccc(Cl)cc2)nc1. The van der Waals surface area contributed by atoms with Crippen molar-refractivity contribution in [3.8, 4) is 5.75 Å². The molecular weight excluding hydrogens is 268 g/mol. The van der Waals surface area contributed by atoms with E-state index in [2.05, 4.69) is 4.98 Å². The standard InChI is InChI=1S/C13H13ClN2OS/c14-10-1-4-12(5-2-10)17-7-8-18-13-6-3-11(15)9-16-13/h1-6,9H,7-8,15H2. The number of aromatic nitrogens is 1. The first-order valence-corrected chi connectivity index (χ1v) is 6.83. The minimum atomic E-state index is 0.623. The number of nitrogen functional groups attached to an aromatic ring is 1. The van der Waals surface area contributed by atoms with Crippen molar-refractivity contribution in [1.29, 1.82) is 0 Å². The quantitative estimate of drug-likeness (QED) is 0.673. The number of rotatable bonds is 5. The highest BCUT2D eigenvalue weighted by Crippen LogP contribution is 2.18. The zero-order valence-electron chi connectivity index (χ0n) is 9.67. The van der Waals surface area contributed by atoms with E-state index < -0.39 is 0 Å². The van der Waals surface area contributed by atoms with Crippen molar-refractivity contribution in [2.24, 2.45) is 0 Å². The van der Waals surface area contributed by atoms with Crippen LogP contribution >= 0.6 is 23.4 Å². The first-order valence-electron chi connectivity index (χ1n) is 5.47. The van der Waals surface area contributed by atoms with Gasteiger partial charge in [-0.05, 0) is 36.4 Å². The van der Waals surface area contributed by atoms with E-state index in [1.54, 1.807) is 18.0 Å². The molecule has 5 heteroatoms. The molecule has 0 unspecified atom stereocenters. The minimum Gasteiger partial charge on any atom is -0.493 e. The Bertz CT molecular complexity index is 440. The van der Waals surface area contributed by atoms with E-state index in [0.29, 0.717) is 17.3 Å². The molecule has 0 aliphatic rings. The fourth-order valence-electron chi connectivity index (χ4n) is 1.31. The Morgan fingerprint density at radius 1 is 1.17 bits per heavy atom. The number of hydrogen-bond donors (Lipinski definition) is 1. The summed E-state index contributed by atoms with van der Waals surface area (Å²) in [6.45, 7) is 0.623. The van der Waals surface area contributed by atoms with Crippen molar-refractivity contribution < 1.29 is 4.74 Å². The van der Waals surface area contributed by atoms with E-state index in [-0.39, 0.29) is 0 Å². The maximum Gasteiger partial charge on any atom is 0.119 e. The molecule has 1 heterocycles. The summed E-state index contributed by atoms with van der Waals surface area (Å²) in [6.07, 6.45) is 1.66.